The van der Waals surface area contributed by atoms with Gasteiger partial charge in [0, 0.05) is 39.9 Å². The number of benzene rings is 1. The zero-order valence-electron chi connectivity index (χ0n) is 19.7. The van der Waals surface area contributed by atoms with Gasteiger partial charge in [-0.25, -0.2) is 0 Å². The molecule has 0 aliphatic carbocycles. The van der Waals surface area contributed by atoms with Crippen LogP contribution in [0.15, 0.2) is 29.3 Å². The van der Waals surface area contributed by atoms with Gasteiger partial charge in [0.1, 0.15) is 5.75 Å². The first-order valence-corrected chi connectivity index (χ1v) is 11.8. The van der Waals surface area contributed by atoms with E-state index in [2.05, 4.69) is 32.7 Å². The van der Waals surface area contributed by atoms with Gasteiger partial charge >= 0.3 is 0 Å². The number of rotatable bonds is 11. The second kappa shape index (κ2) is 15.7. The summed E-state index contributed by atoms with van der Waals surface area (Å²) < 4.78 is 16.5. The van der Waals surface area contributed by atoms with Crippen LogP contribution < -0.4 is 15.4 Å². The summed E-state index contributed by atoms with van der Waals surface area (Å²) in [5, 5.41) is 6.89. The molecule has 2 saturated heterocycles. The maximum absolute atomic E-state index is 5.72. The lowest BCUT2D eigenvalue weighted by Gasteiger charge is -2.32. The van der Waals surface area contributed by atoms with Crippen molar-refractivity contribution in [2.24, 2.45) is 10.9 Å². The number of piperidine rings is 1. The summed E-state index contributed by atoms with van der Waals surface area (Å²) in [5.41, 5.74) is 1.35. The topological polar surface area (TPSA) is 67.4 Å². The fourth-order valence-electron chi connectivity index (χ4n) is 4.17. The molecule has 7 nitrogen and oxygen atoms in total. The van der Waals surface area contributed by atoms with E-state index in [1.54, 1.807) is 7.11 Å². The number of likely N-dealkylation sites (tertiary alicyclic amines) is 1. The first-order chi connectivity index (χ1) is 15.3. The fourth-order valence-corrected chi connectivity index (χ4v) is 4.17. The Morgan fingerprint density at radius 1 is 1.16 bits per heavy atom. The Bertz CT molecular complexity index is 645. The number of nitrogens with one attached hydrogen (secondary N) is 2. The lowest BCUT2D eigenvalue weighted by Crippen LogP contribution is -2.43. The second-order valence-corrected chi connectivity index (χ2v) is 8.51. The Morgan fingerprint density at radius 2 is 1.94 bits per heavy atom. The van der Waals surface area contributed by atoms with Crippen LogP contribution in [-0.4, -0.2) is 77.1 Å². The molecule has 1 atom stereocenters. The van der Waals surface area contributed by atoms with E-state index in [1.165, 1.54) is 24.8 Å². The van der Waals surface area contributed by atoms with Gasteiger partial charge in [-0.2, -0.15) is 0 Å². The summed E-state index contributed by atoms with van der Waals surface area (Å²) in [4.78, 5) is 6.89. The zero-order valence-corrected chi connectivity index (χ0v) is 22.0. The first kappa shape index (κ1) is 27.1. The van der Waals surface area contributed by atoms with E-state index >= 15 is 0 Å². The van der Waals surface area contributed by atoms with Crippen molar-refractivity contribution in [1.82, 2.24) is 15.5 Å². The van der Waals surface area contributed by atoms with Crippen molar-refractivity contribution in [3.05, 3.63) is 29.8 Å². The molecule has 8 heteroatoms. The number of nitrogens with zero attached hydrogens (tertiary/aromatic N) is 2. The Hall–Kier alpha value is -1.10. The van der Waals surface area contributed by atoms with E-state index < -0.39 is 0 Å². The molecule has 0 aromatic heterocycles. The van der Waals surface area contributed by atoms with Gasteiger partial charge in [0.15, 0.2) is 5.96 Å². The highest BCUT2D eigenvalue weighted by molar-refractivity contribution is 14.0. The summed E-state index contributed by atoms with van der Waals surface area (Å²) in [6.45, 7) is 7.53. The minimum atomic E-state index is 0. The normalized spacial score (nSPS) is 20.1. The molecular weight excluding hydrogens is 519 g/mol. The lowest BCUT2D eigenvalue weighted by molar-refractivity contribution is 0.0168. The van der Waals surface area contributed by atoms with Gasteiger partial charge in [0.2, 0.25) is 0 Å². The number of hydrogen-bond donors (Lipinski definition) is 2. The van der Waals surface area contributed by atoms with E-state index in [0.717, 1.165) is 77.1 Å². The van der Waals surface area contributed by atoms with Gasteiger partial charge in [-0.3, -0.25) is 9.89 Å². The molecule has 2 aliphatic rings. The van der Waals surface area contributed by atoms with E-state index in [1.807, 2.05) is 19.2 Å². The number of methoxy groups -OCH3 is 1. The molecule has 1 unspecified atom stereocenters. The third-order valence-corrected chi connectivity index (χ3v) is 6.14. The molecule has 1 aromatic carbocycles. The molecule has 32 heavy (non-hydrogen) atoms. The van der Waals surface area contributed by atoms with Crippen molar-refractivity contribution in [2.75, 3.05) is 60.2 Å². The molecule has 2 aliphatic heterocycles. The van der Waals surface area contributed by atoms with E-state index in [9.17, 15) is 0 Å². The number of halogens is 1. The maximum Gasteiger partial charge on any atom is 0.190 e. The second-order valence-electron chi connectivity index (χ2n) is 8.51. The molecule has 0 spiro atoms. The number of guanidine groups is 1. The number of ether oxygens (including phenoxy) is 3. The minimum absolute atomic E-state index is 0. The van der Waals surface area contributed by atoms with Crippen LogP contribution in [0.1, 0.15) is 37.7 Å². The van der Waals surface area contributed by atoms with Crippen LogP contribution in [0, 0.1) is 5.92 Å². The van der Waals surface area contributed by atoms with Gasteiger partial charge in [0.05, 0.1) is 19.8 Å². The Morgan fingerprint density at radius 3 is 2.59 bits per heavy atom. The lowest BCUT2D eigenvalue weighted by atomic mass is 9.96. The Kier molecular flexibility index (Phi) is 13.3. The standard InChI is InChI=1S/C24H40N4O3.HI/c1-25-24(26-12-4-15-30-19-23-5-3-16-31-23)27-17-20-10-13-28(14-11-20)18-21-6-8-22(29-2)9-7-21;/h6-9,20,23H,3-5,10-19H2,1-2H3,(H2,25,26,27);1H. The van der Waals surface area contributed by atoms with Crippen LogP contribution in [0.3, 0.4) is 0 Å². The van der Waals surface area contributed by atoms with Crippen LogP contribution in [0.25, 0.3) is 0 Å². The first-order valence-electron chi connectivity index (χ1n) is 11.8. The summed E-state index contributed by atoms with van der Waals surface area (Å²) >= 11 is 0. The minimum Gasteiger partial charge on any atom is -0.497 e. The largest absolute Gasteiger partial charge is 0.497 e. The van der Waals surface area contributed by atoms with Crippen molar-refractivity contribution in [2.45, 2.75) is 44.8 Å². The van der Waals surface area contributed by atoms with Crippen LogP contribution >= 0.6 is 24.0 Å². The summed E-state index contributed by atoms with van der Waals surface area (Å²) in [5.74, 6) is 2.50. The molecule has 0 saturated carbocycles. The van der Waals surface area contributed by atoms with Gasteiger partial charge in [-0.1, -0.05) is 12.1 Å². The Balaban J connectivity index is 0.00000363. The van der Waals surface area contributed by atoms with Gasteiger partial charge < -0.3 is 24.8 Å². The summed E-state index contributed by atoms with van der Waals surface area (Å²) in [6, 6.07) is 8.41. The number of hydrogen-bond acceptors (Lipinski definition) is 5. The third-order valence-electron chi connectivity index (χ3n) is 6.14. The van der Waals surface area contributed by atoms with Crippen molar-refractivity contribution in [1.29, 1.82) is 0 Å². The molecule has 2 heterocycles. The third kappa shape index (κ3) is 9.80. The van der Waals surface area contributed by atoms with Crippen molar-refractivity contribution in [3.8, 4) is 5.75 Å². The van der Waals surface area contributed by atoms with Crippen LogP contribution in [0.2, 0.25) is 0 Å². The molecule has 1 aromatic rings. The maximum atomic E-state index is 5.72. The molecule has 2 fully saturated rings. The van der Waals surface area contributed by atoms with E-state index in [-0.39, 0.29) is 24.0 Å². The van der Waals surface area contributed by atoms with Crippen LogP contribution in [0.4, 0.5) is 0 Å². The monoisotopic (exact) mass is 560 g/mol. The predicted molar refractivity (Wildman–Crippen MR) is 140 cm³/mol. The molecule has 0 radical (unpaired) electrons. The highest BCUT2D eigenvalue weighted by atomic mass is 127. The molecular formula is C24H41IN4O3. The van der Waals surface area contributed by atoms with Crippen LogP contribution in [0.5, 0.6) is 5.75 Å². The van der Waals surface area contributed by atoms with E-state index in [0.29, 0.717) is 12.0 Å². The predicted octanol–water partition coefficient (Wildman–Crippen LogP) is 3.28. The van der Waals surface area contributed by atoms with Gasteiger partial charge in [-0.05, 0) is 68.8 Å². The summed E-state index contributed by atoms with van der Waals surface area (Å²) in [6.07, 6.45) is 6.02. The SMILES string of the molecule is CN=C(NCCCOCC1CCCO1)NCC1CCN(Cc2ccc(OC)cc2)CC1.I. The van der Waals surface area contributed by atoms with Crippen molar-refractivity contribution in [3.63, 3.8) is 0 Å². The molecule has 3 rings (SSSR count). The molecule has 2 N–H and O–H groups in total. The van der Waals surface area contributed by atoms with Crippen LogP contribution in [-0.2, 0) is 16.0 Å². The number of aliphatic imine (C=N–C) groups is 1. The fraction of sp³-hybridized carbons (Fsp3) is 0.708. The highest BCUT2D eigenvalue weighted by Gasteiger charge is 2.19. The Labute approximate surface area is 210 Å². The quantitative estimate of drug-likeness (QED) is 0.188. The molecule has 0 amide bonds. The average molecular weight is 561 g/mol. The van der Waals surface area contributed by atoms with Crippen molar-refractivity contribution < 1.29 is 14.2 Å². The van der Waals surface area contributed by atoms with Gasteiger partial charge in [0.25, 0.3) is 0 Å². The van der Waals surface area contributed by atoms with Gasteiger partial charge in [-0.15, -0.1) is 24.0 Å². The molecule has 182 valence electrons. The zero-order chi connectivity index (χ0) is 21.7. The van der Waals surface area contributed by atoms with E-state index in [4.69, 9.17) is 14.2 Å². The smallest absolute Gasteiger partial charge is 0.190 e. The van der Waals surface area contributed by atoms with Crippen molar-refractivity contribution >= 4 is 29.9 Å². The highest BCUT2D eigenvalue weighted by Crippen LogP contribution is 2.19. The molecule has 0 bridgehead atoms. The average Bonchev–Trinajstić information content (AvgIpc) is 3.33. The summed E-state index contributed by atoms with van der Waals surface area (Å²) in [7, 11) is 3.54.